The molecule has 0 aliphatic carbocycles. The quantitative estimate of drug-likeness (QED) is 0.799. The van der Waals surface area contributed by atoms with Crippen molar-refractivity contribution in [3.8, 4) is 0 Å². The molecule has 4 nitrogen and oxygen atoms in total. The third-order valence-corrected chi connectivity index (χ3v) is 4.04. The number of imidazole rings is 1. The molecule has 1 aliphatic rings. The molecule has 0 unspecified atom stereocenters. The highest BCUT2D eigenvalue weighted by Crippen LogP contribution is 2.23. The summed E-state index contributed by atoms with van der Waals surface area (Å²) in [5.74, 6) is 0. The van der Waals surface area contributed by atoms with Crippen LogP contribution in [-0.2, 0) is 6.54 Å². The molecule has 0 aromatic carbocycles. The van der Waals surface area contributed by atoms with E-state index in [9.17, 15) is 0 Å². The van der Waals surface area contributed by atoms with E-state index in [1.54, 1.807) is 0 Å². The smallest absolute Gasteiger partial charge is 0.0952 e. The molecule has 102 valence electrons. The largest absolute Gasteiger partial charge is 0.328 e. The lowest BCUT2D eigenvalue weighted by atomic mass is 10.1. The lowest BCUT2D eigenvalue weighted by Crippen LogP contribution is -2.44. The summed E-state index contributed by atoms with van der Waals surface area (Å²) in [6, 6.07) is 1.14. The highest BCUT2D eigenvalue weighted by molar-refractivity contribution is 5.05. The summed E-state index contributed by atoms with van der Waals surface area (Å²) in [7, 11) is 0. The fraction of sp³-hybridized carbons (Fsp3) is 0.786. The Kier molecular flexibility index (Phi) is 4.40. The van der Waals surface area contributed by atoms with Crippen LogP contribution in [-0.4, -0.2) is 51.6 Å². The number of likely N-dealkylation sites (N-methyl/N-ethyl adjacent to an activating group) is 1. The molecule has 0 spiro atoms. The van der Waals surface area contributed by atoms with Crippen molar-refractivity contribution in [1.29, 1.82) is 0 Å². The predicted octanol–water partition coefficient (Wildman–Crippen LogP) is 1.99. The van der Waals surface area contributed by atoms with E-state index in [0.29, 0.717) is 12.1 Å². The van der Waals surface area contributed by atoms with Crippen LogP contribution >= 0.6 is 0 Å². The Balaban J connectivity index is 2.14. The van der Waals surface area contributed by atoms with Gasteiger partial charge < -0.3 is 9.47 Å². The van der Waals surface area contributed by atoms with E-state index >= 15 is 0 Å². The molecule has 1 aromatic heterocycles. The maximum Gasteiger partial charge on any atom is 0.0952 e. The summed E-state index contributed by atoms with van der Waals surface area (Å²) in [5, 5.41) is 0. The van der Waals surface area contributed by atoms with Crippen LogP contribution < -0.4 is 0 Å². The zero-order valence-electron chi connectivity index (χ0n) is 12.1. The van der Waals surface area contributed by atoms with Gasteiger partial charge in [0, 0.05) is 31.9 Å². The first-order valence-electron chi connectivity index (χ1n) is 7.12. The average Bonchev–Trinajstić information content (AvgIpc) is 2.83. The maximum absolute atomic E-state index is 4.32. The minimum Gasteiger partial charge on any atom is -0.328 e. The van der Waals surface area contributed by atoms with Crippen LogP contribution in [0, 0.1) is 0 Å². The number of nitrogens with zero attached hydrogens (tertiary/aromatic N) is 4. The first-order valence-corrected chi connectivity index (χ1v) is 7.12. The fourth-order valence-electron chi connectivity index (χ4n) is 2.73. The summed E-state index contributed by atoms with van der Waals surface area (Å²) in [6.07, 6.45) is 4.02. The molecule has 18 heavy (non-hydrogen) atoms. The Labute approximate surface area is 111 Å². The van der Waals surface area contributed by atoms with Crippen LogP contribution in [0.2, 0.25) is 0 Å². The Bertz CT molecular complexity index is 368. The molecule has 2 heterocycles. The van der Waals surface area contributed by atoms with E-state index < -0.39 is 0 Å². The molecular weight excluding hydrogens is 224 g/mol. The van der Waals surface area contributed by atoms with Gasteiger partial charge in [0.15, 0.2) is 0 Å². The first kappa shape index (κ1) is 13.6. The van der Waals surface area contributed by atoms with Gasteiger partial charge in [-0.2, -0.15) is 0 Å². The highest BCUT2D eigenvalue weighted by atomic mass is 15.3. The number of hydrogen-bond acceptors (Lipinski definition) is 3. The Morgan fingerprint density at radius 3 is 2.72 bits per heavy atom. The molecule has 0 N–H and O–H groups in total. The average molecular weight is 250 g/mol. The Hall–Kier alpha value is -0.870. The molecule has 2 rings (SSSR count). The van der Waals surface area contributed by atoms with Gasteiger partial charge in [-0.1, -0.05) is 13.8 Å². The molecule has 0 saturated carbocycles. The summed E-state index contributed by atoms with van der Waals surface area (Å²) in [6.45, 7) is 14.6. The molecule has 0 bridgehead atoms. The monoisotopic (exact) mass is 250 g/mol. The van der Waals surface area contributed by atoms with Crippen molar-refractivity contribution in [3.63, 3.8) is 0 Å². The fourth-order valence-corrected chi connectivity index (χ4v) is 2.73. The van der Waals surface area contributed by atoms with Gasteiger partial charge in [0.1, 0.15) is 0 Å². The van der Waals surface area contributed by atoms with E-state index in [1.165, 1.54) is 5.69 Å². The molecule has 1 atom stereocenters. The van der Waals surface area contributed by atoms with Crippen molar-refractivity contribution >= 4 is 0 Å². The lowest BCUT2D eigenvalue weighted by molar-refractivity contribution is 0.122. The third kappa shape index (κ3) is 2.75. The van der Waals surface area contributed by atoms with Crippen LogP contribution in [0.15, 0.2) is 12.5 Å². The van der Waals surface area contributed by atoms with Gasteiger partial charge >= 0.3 is 0 Å². The Morgan fingerprint density at radius 2 is 2.11 bits per heavy atom. The second-order valence-electron chi connectivity index (χ2n) is 5.46. The van der Waals surface area contributed by atoms with Crippen LogP contribution in [0.4, 0.5) is 0 Å². The number of hydrogen-bond donors (Lipinski definition) is 0. The van der Waals surface area contributed by atoms with Crippen molar-refractivity contribution in [3.05, 3.63) is 18.2 Å². The topological polar surface area (TPSA) is 24.3 Å². The summed E-state index contributed by atoms with van der Waals surface area (Å²) < 4.78 is 2.37. The van der Waals surface area contributed by atoms with E-state index in [2.05, 4.69) is 47.0 Å². The van der Waals surface area contributed by atoms with Crippen molar-refractivity contribution in [2.75, 3.05) is 26.2 Å². The number of aromatic nitrogens is 2. The van der Waals surface area contributed by atoms with Gasteiger partial charge in [0.05, 0.1) is 18.1 Å². The highest BCUT2D eigenvalue weighted by Gasteiger charge is 2.27. The number of rotatable bonds is 5. The van der Waals surface area contributed by atoms with Gasteiger partial charge in [-0.3, -0.25) is 4.90 Å². The molecule has 0 amide bonds. The van der Waals surface area contributed by atoms with Crippen molar-refractivity contribution < 1.29 is 0 Å². The van der Waals surface area contributed by atoms with E-state index in [0.717, 1.165) is 32.7 Å². The standard InChI is InChI=1S/C14H26N4/c1-5-16(6-2)8-14-10-17(12(3)4)9-13-7-15-11-18(13)14/h7,11-12,14H,5-6,8-10H2,1-4H3/t14-/m1/s1. The minimum atomic E-state index is 0.540. The second kappa shape index (κ2) is 5.85. The van der Waals surface area contributed by atoms with Crippen LogP contribution in [0.1, 0.15) is 39.4 Å². The van der Waals surface area contributed by atoms with Gasteiger partial charge in [-0.25, -0.2) is 4.98 Å². The van der Waals surface area contributed by atoms with Crippen molar-refractivity contribution in [2.24, 2.45) is 0 Å². The summed E-state index contributed by atoms with van der Waals surface area (Å²) in [5.41, 5.74) is 1.35. The van der Waals surface area contributed by atoms with Gasteiger partial charge in [-0.05, 0) is 26.9 Å². The molecule has 4 heteroatoms. The SMILES string of the molecule is CCN(CC)C[C@@H]1CN(C(C)C)Cc2cncn21. The zero-order valence-corrected chi connectivity index (χ0v) is 12.1. The van der Waals surface area contributed by atoms with E-state index in [-0.39, 0.29) is 0 Å². The number of fused-ring (bicyclic) bond motifs is 1. The van der Waals surface area contributed by atoms with Crippen LogP contribution in [0.5, 0.6) is 0 Å². The third-order valence-electron chi connectivity index (χ3n) is 4.04. The summed E-state index contributed by atoms with van der Waals surface area (Å²) >= 11 is 0. The molecule has 0 saturated heterocycles. The molecular formula is C14H26N4. The van der Waals surface area contributed by atoms with Crippen LogP contribution in [0.25, 0.3) is 0 Å². The van der Waals surface area contributed by atoms with E-state index in [1.807, 2.05) is 12.5 Å². The minimum absolute atomic E-state index is 0.540. The molecule has 0 radical (unpaired) electrons. The first-order chi connectivity index (χ1) is 8.65. The van der Waals surface area contributed by atoms with E-state index in [4.69, 9.17) is 0 Å². The molecule has 1 aliphatic heterocycles. The second-order valence-corrected chi connectivity index (χ2v) is 5.46. The predicted molar refractivity (Wildman–Crippen MR) is 74.6 cm³/mol. The van der Waals surface area contributed by atoms with Crippen molar-refractivity contribution in [1.82, 2.24) is 19.4 Å². The van der Waals surface area contributed by atoms with Gasteiger partial charge in [0.25, 0.3) is 0 Å². The van der Waals surface area contributed by atoms with Gasteiger partial charge in [0.2, 0.25) is 0 Å². The van der Waals surface area contributed by atoms with Gasteiger partial charge in [-0.15, -0.1) is 0 Å². The Morgan fingerprint density at radius 1 is 1.39 bits per heavy atom. The maximum atomic E-state index is 4.32. The normalized spacial score (nSPS) is 20.7. The van der Waals surface area contributed by atoms with Crippen molar-refractivity contribution in [2.45, 2.75) is 46.3 Å². The summed E-state index contributed by atoms with van der Waals surface area (Å²) in [4.78, 5) is 9.37. The lowest BCUT2D eigenvalue weighted by Gasteiger charge is -2.38. The van der Waals surface area contributed by atoms with Crippen LogP contribution in [0.3, 0.4) is 0 Å². The molecule has 1 aromatic rings. The zero-order chi connectivity index (χ0) is 13.1. The molecule has 0 fully saturated rings.